The molecule has 0 saturated heterocycles. The largest absolute Gasteiger partial charge is 0.360 e. The molecule has 3 nitrogen and oxygen atoms in total. The number of hydrogen-bond donors (Lipinski definition) is 2. The third-order valence-electron chi connectivity index (χ3n) is 3.03. The van der Waals surface area contributed by atoms with Gasteiger partial charge in [0.15, 0.2) is 5.11 Å². The van der Waals surface area contributed by atoms with E-state index < -0.39 is 0 Å². The minimum Gasteiger partial charge on any atom is -0.360 e. The van der Waals surface area contributed by atoms with Crippen LogP contribution in [0.3, 0.4) is 0 Å². The molecule has 21 heavy (non-hydrogen) atoms. The minimum atomic E-state index is 0.312. The van der Waals surface area contributed by atoms with Crippen molar-refractivity contribution in [2.45, 2.75) is 6.04 Å². The number of nitrogens with zero attached hydrogens (tertiary/aromatic N) is 1. The Kier molecular flexibility index (Phi) is 6.17. The molecule has 0 aliphatic carbocycles. The molecule has 0 amide bonds. The van der Waals surface area contributed by atoms with Gasteiger partial charge in [-0.2, -0.15) is 0 Å². The van der Waals surface area contributed by atoms with Crippen molar-refractivity contribution in [3.63, 3.8) is 0 Å². The Morgan fingerprint density at radius 2 is 2.14 bits per heavy atom. The topological polar surface area (TPSA) is 27.3 Å². The number of rotatable bonds is 5. The van der Waals surface area contributed by atoms with Gasteiger partial charge in [0, 0.05) is 21.6 Å². The summed E-state index contributed by atoms with van der Waals surface area (Å²) in [6.45, 7) is 0.771. The molecule has 2 aromatic rings. The third-order valence-corrected chi connectivity index (χ3v) is 4.75. The van der Waals surface area contributed by atoms with E-state index in [4.69, 9.17) is 12.2 Å². The van der Waals surface area contributed by atoms with E-state index in [2.05, 4.69) is 63.1 Å². The first-order chi connectivity index (χ1) is 10.1. The van der Waals surface area contributed by atoms with Crippen LogP contribution in [0.15, 0.2) is 46.3 Å². The number of benzene rings is 1. The summed E-state index contributed by atoms with van der Waals surface area (Å²) in [5.41, 5.74) is 0.972. The average molecular weight is 384 g/mol. The van der Waals surface area contributed by atoms with Crippen LogP contribution in [0.1, 0.15) is 10.9 Å². The lowest BCUT2D eigenvalue weighted by atomic mass is 10.2. The predicted molar refractivity (Wildman–Crippen MR) is 99.1 cm³/mol. The summed E-state index contributed by atoms with van der Waals surface area (Å²) in [5, 5.41) is 9.22. The molecule has 1 heterocycles. The number of nitrogens with one attached hydrogen (secondary N) is 2. The second-order valence-electron chi connectivity index (χ2n) is 4.84. The highest BCUT2D eigenvalue weighted by molar-refractivity contribution is 9.10. The van der Waals surface area contributed by atoms with Crippen LogP contribution in [0, 0.1) is 0 Å². The molecular formula is C15H18BrN3S2. The highest BCUT2D eigenvalue weighted by atomic mass is 79.9. The molecule has 0 radical (unpaired) electrons. The van der Waals surface area contributed by atoms with Crippen molar-refractivity contribution in [3.8, 4) is 0 Å². The van der Waals surface area contributed by atoms with Crippen LogP contribution in [0.4, 0.5) is 5.69 Å². The van der Waals surface area contributed by atoms with Crippen molar-refractivity contribution in [2.24, 2.45) is 0 Å². The quantitative estimate of drug-likeness (QED) is 0.759. The maximum absolute atomic E-state index is 5.36. The Balaban J connectivity index is 1.90. The van der Waals surface area contributed by atoms with Crippen molar-refractivity contribution in [1.82, 2.24) is 10.2 Å². The summed E-state index contributed by atoms with van der Waals surface area (Å²) < 4.78 is 1.03. The Morgan fingerprint density at radius 1 is 1.33 bits per heavy atom. The van der Waals surface area contributed by atoms with E-state index in [0.29, 0.717) is 11.2 Å². The molecule has 0 saturated carbocycles. The molecule has 0 aliphatic rings. The lowest BCUT2D eigenvalue weighted by Crippen LogP contribution is -2.36. The van der Waals surface area contributed by atoms with E-state index in [1.807, 2.05) is 24.3 Å². The van der Waals surface area contributed by atoms with Gasteiger partial charge < -0.3 is 15.5 Å². The number of halogens is 1. The van der Waals surface area contributed by atoms with Gasteiger partial charge in [0.2, 0.25) is 0 Å². The molecule has 0 fully saturated rings. The second-order valence-corrected chi connectivity index (χ2v) is 7.14. The maximum atomic E-state index is 5.36. The number of thiocarbonyl (C=S) groups is 1. The van der Waals surface area contributed by atoms with Crippen LogP contribution in [0.5, 0.6) is 0 Å². The van der Waals surface area contributed by atoms with Crippen LogP contribution < -0.4 is 10.6 Å². The summed E-state index contributed by atoms with van der Waals surface area (Å²) in [7, 11) is 4.16. The summed E-state index contributed by atoms with van der Waals surface area (Å²) in [5.74, 6) is 0. The van der Waals surface area contributed by atoms with Crippen LogP contribution in [0.25, 0.3) is 0 Å². The molecule has 2 rings (SSSR count). The Hall–Kier alpha value is -0.950. The minimum absolute atomic E-state index is 0.312. The summed E-state index contributed by atoms with van der Waals surface area (Å²) >= 11 is 10.6. The molecule has 1 aromatic heterocycles. The predicted octanol–water partition coefficient (Wildman–Crippen LogP) is 4.10. The van der Waals surface area contributed by atoms with E-state index >= 15 is 0 Å². The lowest BCUT2D eigenvalue weighted by molar-refractivity contribution is 0.303. The monoisotopic (exact) mass is 383 g/mol. The molecule has 1 atom stereocenters. The van der Waals surface area contributed by atoms with Gasteiger partial charge in [-0.3, -0.25) is 0 Å². The van der Waals surface area contributed by atoms with Crippen LogP contribution in [0.2, 0.25) is 0 Å². The molecule has 2 N–H and O–H groups in total. The molecule has 112 valence electrons. The number of hydrogen-bond acceptors (Lipinski definition) is 3. The maximum Gasteiger partial charge on any atom is 0.170 e. The molecule has 0 unspecified atom stereocenters. The first-order valence-electron chi connectivity index (χ1n) is 6.56. The van der Waals surface area contributed by atoms with Crippen LogP contribution in [-0.4, -0.2) is 30.7 Å². The van der Waals surface area contributed by atoms with Gasteiger partial charge in [-0.25, -0.2) is 0 Å². The number of likely N-dealkylation sites (N-methyl/N-ethyl adjacent to an activating group) is 1. The zero-order valence-electron chi connectivity index (χ0n) is 12.0. The Bertz CT molecular complexity index is 584. The highest BCUT2D eigenvalue weighted by Crippen LogP contribution is 2.22. The highest BCUT2D eigenvalue weighted by Gasteiger charge is 2.15. The van der Waals surface area contributed by atoms with Crippen molar-refractivity contribution in [1.29, 1.82) is 0 Å². The molecule has 0 spiro atoms. The first kappa shape index (κ1) is 16.4. The third kappa shape index (κ3) is 5.07. The van der Waals surface area contributed by atoms with Gasteiger partial charge in [-0.1, -0.05) is 28.1 Å². The molecule has 0 aliphatic heterocycles. The number of thiophene rings is 1. The summed E-state index contributed by atoms with van der Waals surface area (Å²) in [4.78, 5) is 3.53. The zero-order chi connectivity index (χ0) is 15.2. The summed E-state index contributed by atoms with van der Waals surface area (Å²) in [6, 6.07) is 12.5. The fourth-order valence-electron chi connectivity index (χ4n) is 1.95. The summed E-state index contributed by atoms with van der Waals surface area (Å²) in [6.07, 6.45) is 0. The van der Waals surface area contributed by atoms with E-state index in [9.17, 15) is 0 Å². The Morgan fingerprint density at radius 3 is 2.76 bits per heavy atom. The SMILES string of the molecule is CN(C)[C@@H](CNC(=S)Nc1cccc(Br)c1)c1cccs1. The molecular weight excluding hydrogens is 366 g/mol. The first-order valence-corrected chi connectivity index (χ1v) is 8.64. The molecule has 0 bridgehead atoms. The van der Waals surface area contributed by atoms with Crippen molar-refractivity contribution in [3.05, 3.63) is 51.1 Å². The van der Waals surface area contributed by atoms with E-state index in [1.165, 1.54) is 4.88 Å². The van der Waals surface area contributed by atoms with Crippen molar-refractivity contribution in [2.75, 3.05) is 26.0 Å². The fraction of sp³-hybridized carbons (Fsp3) is 0.267. The average Bonchev–Trinajstić information content (AvgIpc) is 2.92. The molecule has 1 aromatic carbocycles. The van der Waals surface area contributed by atoms with Gasteiger partial charge in [0.25, 0.3) is 0 Å². The van der Waals surface area contributed by atoms with Gasteiger partial charge in [-0.05, 0) is 56.0 Å². The fourth-order valence-corrected chi connectivity index (χ4v) is 3.47. The van der Waals surface area contributed by atoms with E-state index in [-0.39, 0.29) is 0 Å². The van der Waals surface area contributed by atoms with Gasteiger partial charge in [-0.15, -0.1) is 11.3 Å². The van der Waals surface area contributed by atoms with Gasteiger partial charge >= 0.3 is 0 Å². The van der Waals surface area contributed by atoms with Crippen LogP contribution >= 0.6 is 39.5 Å². The van der Waals surface area contributed by atoms with E-state index in [0.717, 1.165) is 16.7 Å². The van der Waals surface area contributed by atoms with Crippen molar-refractivity contribution < 1.29 is 0 Å². The van der Waals surface area contributed by atoms with E-state index in [1.54, 1.807) is 11.3 Å². The second kappa shape index (κ2) is 7.89. The van der Waals surface area contributed by atoms with Crippen molar-refractivity contribution >= 4 is 50.3 Å². The van der Waals surface area contributed by atoms with Gasteiger partial charge in [0.1, 0.15) is 0 Å². The lowest BCUT2D eigenvalue weighted by Gasteiger charge is -2.24. The number of anilines is 1. The smallest absolute Gasteiger partial charge is 0.170 e. The Labute approximate surface area is 143 Å². The normalized spacial score (nSPS) is 12.2. The zero-order valence-corrected chi connectivity index (χ0v) is 15.2. The standard InChI is InChI=1S/C15H18BrN3S2/c1-19(2)13(14-7-4-8-21-14)10-17-15(20)18-12-6-3-5-11(16)9-12/h3-9,13H,10H2,1-2H3,(H2,17,18,20)/t13-/m0/s1. The van der Waals surface area contributed by atoms with Crippen LogP contribution in [-0.2, 0) is 0 Å². The molecule has 6 heteroatoms. The van der Waals surface area contributed by atoms with Gasteiger partial charge in [0.05, 0.1) is 6.04 Å².